The number of aryl methyl sites for hydroxylation is 1. The van der Waals surface area contributed by atoms with Gasteiger partial charge in [0.05, 0.1) is 12.5 Å². The summed E-state index contributed by atoms with van der Waals surface area (Å²) in [5.74, 6) is -13.0. The lowest BCUT2D eigenvalue weighted by Crippen LogP contribution is -2.61. The molecule has 0 radical (unpaired) electrons. The van der Waals surface area contributed by atoms with Crippen LogP contribution in [0.2, 0.25) is 0 Å². The van der Waals surface area contributed by atoms with Gasteiger partial charge in [-0.2, -0.15) is 0 Å². The van der Waals surface area contributed by atoms with E-state index >= 15 is 0 Å². The second kappa shape index (κ2) is 28.8. The first-order valence-corrected chi connectivity index (χ1v) is 22.6. The number of nitrogens with one attached hydrogen (secondary N) is 7. The highest BCUT2D eigenvalue weighted by Crippen LogP contribution is 2.13. The summed E-state index contributed by atoms with van der Waals surface area (Å²) in [7, 11) is 0. The second-order valence-electron chi connectivity index (χ2n) is 17.7. The minimum atomic E-state index is -1.87. The quantitative estimate of drug-likeness (QED) is 0.0470. The van der Waals surface area contributed by atoms with Crippen LogP contribution in [-0.4, -0.2) is 134 Å². The van der Waals surface area contributed by atoms with Gasteiger partial charge >= 0.3 is 23.9 Å². The van der Waals surface area contributed by atoms with Crippen molar-refractivity contribution >= 4 is 65.2 Å². The highest BCUT2D eigenvalue weighted by molar-refractivity contribution is 5.98. The molecule has 0 saturated carbocycles. The average Bonchev–Trinajstić information content (AvgIpc) is 3.27. The number of nitrogens with two attached hydrogens (primary N) is 1. The van der Waals surface area contributed by atoms with Crippen LogP contribution in [0.3, 0.4) is 0 Å². The molecule has 0 fully saturated rings. The highest BCUT2D eigenvalue weighted by atomic mass is 16.4. The van der Waals surface area contributed by atoms with Crippen LogP contribution in [0.1, 0.15) is 89.8 Å². The number of carboxylic acids is 4. The first-order valence-electron chi connectivity index (χ1n) is 22.6. The van der Waals surface area contributed by atoms with Gasteiger partial charge in [0, 0.05) is 25.7 Å². The summed E-state index contributed by atoms with van der Waals surface area (Å²) in [6.07, 6.45) is -3.05. The maximum atomic E-state index is 14.1. The van der Waals surface area contributed by atoms with Crippen molar-refractivity contribution in [2.24, 2.45) is 17.6 Å². The van der Waals surface area contributed by atoms with Gasteiger partial charge in [0.2, 0.25) is 41.4 Å². The molecule has 23 heteroatoms. The minimum absolute atomic E-state index is 0.0317. The van der Waals surface area contributed by atoms with Gasteiger partial charge in [-0.3, -0.25) is 47.9 Å². The molecule has 2 aromatic carbocycles. The zero-order valence-electron chi connectivity index (χ0n) is 40.0. The van der Waals surface area contributed by atoms with Gasteiger partial charge in [-0.1, -0.05) is 87.9 Å². The monoisotopic (exact) mass is 982 g/mol. The van der Waals surface area contributed by atoms with Crippen LogP contribution in [0.25, 0.3) is 0 Å². The summed E-state index contributed by atoms with van der Waals surface area (Å²) in [4.78, 5) is 142. The Morgan fingerprint density at radius 2 is 0.957 bits per heavy atom. The molecule has 70 heavy (non-hydrogen) atoms. The molecule has 7 amide bonds. The molecule has 0 heterocycles. The van der Waals surface area contributed by atoms with Crippen molar-refractivity contribution in [2.75, 3.05) is 0 Å². The number of rotatable bonds is 30. The SMILES string of the molecule is Cc1ccc(C[C@H](NC(=O)[C@H](CC(C)C)NC(=O)[C@@H](NC(=O)[C@@H](N)CCC(=O)O)C(C)C)C(=O)N[C@@H](CC(=O)O)C(=O)N[C@@H](C)C(=O)N[C@@H](CCC(=O)O)C(=O)N[C@@H](Cc2ccccc2)C(=O)O)cc1. The zero-order valence-corrected chi connectivity index (χ0v) is 40.0. The first-order chi connectivity index (χ1) is 32.8. The predicted octanol–water partition coefficient (Wildman–Crippen LogP) is -0.488. The van der Waals surface area contributed by atoms with Crippen molar-refractivity contribution in [3.8, 4) is 0 Å². The van der Waals surface area contributed by atoms with E-state index in [4.69, 9.17) is 10.8 Å². The summed E-state index contributed by atoms with van der Waals surface area (Å²) in [5.41, 5.74) is 7.80. The predicted molar refractivity (Wildman–Crippen MR) is 250 cm³/mol. The van der Waals surface area contributed by atoms with Crippen LogP contribution in [0.4, 0.5) is 0 Å². The molecule has 0 bridgehead atoms. The number of amides is 7. The van der Waals surface area contributed by atoms with E-state index in [0.29, 0.717) is 11.1 Å². The van der Waals surface area contributed by atoms with E-state index in [1.807, 2.05) is 6.92 Å². The molecule has 0 spiro atoms. The van der Waals surface area contributed by atoms with Crippen LogP contribution in [-0.2, 0) is 65.6 Å². The highest BCUT2D eigenvalue weighted by Gasteiger charge is 2.35. The van der Waals surface area contributed by atoms with E-state index in [9.17, 15) is 68.1 Å². The van der Waals surface area contributed by atoms with Crippen LogP contribution in [0.15, 0.2) is 54.6 Å². The van der Waals surface area contributed by atoms with E-state index in [-0.39, 0.29) is 31.6 Å². The van der Waals surface area contributed by atoms with Gasteiger partial charge in [0.1, 0.15) is 42.3 Å². The normalized spacial score (nSPS) is 14.5. The number of carbonyl (C=O) groups is 11. The van der Waals surface area contributed by atoms with Crippen LogP contribution in [0, 0.1) is 18.8 Å². The lowest BCUT2D eigenvalue weighted by molar-refractivity contribution is -0.143. The smallest absolute Gasteiger partial charge is 0.326 e. The van der Waals surface area contributed by atoms with Gasteiger partial charge in [0.25, 0.3) is 0 Å². The number of hydrogen-bond acceptors (Lipinski definition) is 12. The Morgan fingerprint density at radius 3 is 1.50 bits per heavy atom. The third kappa shape index (κ3) is 21.3. The molecule has 23 nitrogen and oxygen atoms in total. The van der Waals surface area contributed by atoms with Crippen molar-refractivity contribution in [2.45, 2.75) is 141 Å². The van der Waals surface area contributed by atoms with Crippen LogP contribution < -0.4 is 43.0 Å². The Kier molecular flexibility index (Phi) is 24.1. The molecule has 0 aliphatic rings. The number of carbonyl (C=O) groups excluding carboxylic acids is 7. The molecule has 0 aliphatic heterocycles. The fourth-order valence-electron chi connectivity index (χ4n) is 6.80. The summed E-state index contributed by atoms with van der Waals surface area (Å²) >= 11 is 0. The zero-order chi connectivity index (χ0) is 52.8. The van der Waals surface area contributed by atoms with Gasteiger partial charge in [0.15, 0.2) is 0 Å². The van der Waals surface area contributed by atoms with Crippen molar-refractivity contribution in [1.82, 2.24) is 37.2 Å². The molecule has 0 aliphatic carbocycles. The maximum absolute atomic E-state index is 14.1. The van der Waals surface area contributed by atoms with Gasteiger partial charge < -0.3 is 63.4 Å². The van der Waals surface area contributed by atoms with Crippen molar-refractivity contribution < 1.29 is 73.2 Å². The molecule has 384 valence electrons. The molecule has 8 atom stereocenters. The molecule has 0 unspecified atom stereocenters. The second-order valence-corrected chi connectivity index (χ2v) is 17.7. The van der Waals surface area contributed by atoms with Crippen LogP contribution in [0.5, 0.6) is 0 Å². The van der Waals surface area contributed by atoms with Gasteiger partial charge in [-0.25, -0.2) is 4.79 Å². The average molecular weight is 983 g/mol. The Morgan fingerprint density at radius 1 is 0.486 bits per heavy atom. The minimum Gasteiger partial charge on any atom is -0.481 e. The summed E-state index contributed by atoms with van der Waals surface area (Å²) in [6.45, 7) is 9.73. The molecule has 2 rings (SSSR count). The van der Waals surface area contributed by atoms with Crippen molar-refractivity contribution in [3.63, 3.8) is 0 Å². The number of benzene rings is 2. The molecule has 0 aromatic heterocycles. The lowest BCUT2D eigenvalue weighted by Gasteiger charge is -2.28. The number of hydrogen-bond donors (Lipinski definition) is 12. The Bertz CT molecular complexity index is 2170. The Labute approximate surface area is 404 Å². The van der Waals surface area contributed by atoms with Gasteiger partial charge in [-0.15, -0.1) is 0 Å². The molecular formula is C47H66N8O15. The Hall–Kier alpha value is -7.43. The van der Waals surface area contributed by atoms with Gasteiger partial charge in [-0.05, 0) is 56.1 Å². The van der Waals surface area contributed by atoms with E-state index < -0.39 is 145 Å². The van der Waals surface area contributed by atoms with Crippen LogP contribution >= 0.6 is 0 Å². The first kappa shape index (κ1) is 58.7. The fraction of sp³-hybridized carbons (Fsp3) is 0.511. The fourth-order valence-corrected chi connectivity index (χ4v) is 6.80. The van der Waals surface area contributed by atoms with E-state index in [1.165, 1.54) is 0 Å². The standard InChI is InChI=1S/C47H66N8O15/c1-24(2)20-32(53-46(68)39(25(3)4)55-41(63)30(48)16-18-36(56)57)44(66)51-33(21-29-14-12-26(5)13-15-29)45(67)52-34(23-38(60)61)43(65)49-27(6)40(62)50-31(17-19-37(58)59)42(64)54-35(47(69)70)22-28-10-8-7-9-11-28/h7-15,24-25,27,30-35,39H,16-23,48H2,1-6H3,(H,49,65)(H,50,62)(H,51,66)(H,52,67)(H,53,68)(H,54,64)(H,55,63)(H,56,57)(H,58,59)(H,60,61)(H,69,70)/t27-,30-,31-,32-,33-,34-,35-,39-/m0/s1. The van der Waals surface area contributed by atoms with Crippen molar-refractivity contribution in [1.29, 1.82) is 0 Å². The van der Waals surface area contributed by atoms with E-state index in [2.05, 4.69) is 37.2 Å². The third-order valence-corrected chi connectivity index (χ3v) is 10.7. The summed E-state index contributed by atoms with van der Waals surface area (Å²) in [5, 5.41) is 54.8. The number of carboxylic acid groups (broad SMARTS) is 4. The largest absolute Gasteiger partial charge is 0.481 e. The topological polar surface area (TPSA) is 379 Å². The van der Waals surface area contributed by atoms with Crippen molar-refractivity contribution in [3.05, 3.63) is 71.3 Å². The molecular weight excluding hydrogens is 917 g/mol. The summed E-state index contributed by atoms with van der Waals surface area (Å²) < 4.78 is 0. The van der Waals surface area contributed by atoms with E-state index in [0.717, 1.165) is 12.5 Å². The van der Waals surface area contributed by atoms with E-state index in [1.54, 1.807) is 82.3 Å². The molecule has 0 saturated heterocycles. The lowest BCUT2D eigenvalue weighted by atomic mass is 9.98. The number of aliphatic carboxylic acids is 4. The Balaban J connectivity index is 2.36. The maximum Gasteiger partial charge on any atom is 0.326 e. The third-order valence-electron chi connectivity index (χ3n) is 10.7. The molecule has 2 aromatic rings. The summed E-state index contributed by atoms with van der Waals surface area (Å²) in [6, 6.07) is 3.30. The molecule has 13 N–H and O–H groups in total.